The van der Waals surface area contributed by atoms with Crippen LogP contribution in [0.25, 0.3) is 16.4 Å². The van der Waals surface area contributed by atoms with E-state index < -0.39 is 0 Å². The highest BCUT2D eigenvalue weighted by Crippen LogP contribution is 2.03. The van der Waals surface area contributed by atoms with E-state index in [0.29, 0.717) is 16.4 Å². The fourth-order valence-electron chi connectivity index (χ4n) is 1.77. The van der Waals surface area contributed by atoms with Crippen molar-refractivity contribution in [2.45, 2.75) is 0 Å². The summed E-state index contributed by atoms with van der Waals surface area (Å²) in [6, 6.07) is 11.2. The highest BCUT2D eigenvalue weighted by molar-refractivity contribution is 5.77. The van der Waals surface area contributed by atoms with E-state index in [1.807, 2.05) is 0 Å². The van der Waals surface area contributed by atoms with Gasteiger partial charge in [-0.1, -0.05) is 12.1 Å². The Morgan fingerprint density at radius 3 is 2.94 bits per heavy atom. The molecule has 0 saturated heterocycles. The normalized spacial score (nSPS) is 11.0. The minimum absolute atomic E-state index is 0.242. The zero-order valence-corrected chi connectivity index (χ0v) is 8.23. The number of nitrogens with zero attached hydrogens (tertiary/aromatic N) is 1. The van der Waals surface area contributed by atoms with Crippen LogP contribution in [0.5, 0.6) is 0 Å². The van der Waals surface area contributed by atoms with Crippen molar-refractivity contribution in [3.63, 3.8) is 0 Å². The molecule has 0 spiro atoms. The van der Waals surface area contributed by atoms with Gasteiger partial charge in [-0.3, -0.25) is 14.0 Å². The number of rotatable bonds is 0. The SMILES string of the molecule is O=c1[nH]c2ccc[c]c2c(=O)n2cccc12. The Morgan fingerprint density at radius 2 is 2.06 bits per heavy atom. The Bertz CT molecular complexity index is 799. The van der Waals surface area contributed by atoms with Gasteiger partial charge in [0.25, 0.3) is 11.1 Å². The average Bonchev–Trinajstić information content (AvgIpc) is 2.74. The second-order valence-corrected chi connectivity index (χ2v) is 3.48. The highest BCUT2D eigenvalue weighted by Gasteiger charge is 2.03. The van der Waals surface area contributed by atoms with Gasteiger partial charge in [0.1, 0.15) is 5.52 Å². The van der Waals surface area contributed by atoms with E-state index in [1.165, 1.54) is 4.40 Å². The van der Waals surface area contributed by atoms with Gasteiger partial charge in [0.05, 0.1) is 10.9 Å². The zero-order chi connectivity index (χ0) is 11.1. The molecule has 3 aromatic rings. The molecule has 4 heteroatoms. The molecule has 0 atom stereocenters. The average molecular weight is 211 g/mol. The number of fused-ring (bicyclic) bond motifs is 2. The van der Waals surface area contributed by atoms with E-state index in [4.69, 9.17) is 0 Å². The number of aromatic amines is 1. The first-order valence-electron chi connectivity index (χ1n) is 4.81. The highest BCUT2D eigenvalue weighted by atomic mass is 16.1. The zero-order valence-electron chi connectivity index (χ0n) is 8.23. The summed E-state index contributed by atoms with van der Waals surface area (Å²) in [7, 11) is 0. The largest absolute Gasteiger partial charge is 0.320 e. The fraction of sp³-hybridized carbons (Fsp3) is 0. The molecule has 0 amide bonds. The van der Waals surface area contributed by atoms with E-state index in [-0.39, 0.29) is 11.1 Å². The predicted molar refractivity (Wildman–Crippen MR) is 60.6 cm³/mol. The molecule has 0 fully saturated rings. The number of benzene rings is 1. The van der Waals surface area contributed by atoms with Gasteiger partial charge in [-0.05, 0) is 24.3 Å². The lowest BCUT2D eigenvalue weighted by molar-refractivity contribution is 1.14. The predicted octanol–water partition coefficient (Wildman–Crippen LogP) is 0.941. The summed E-state index contributed by atoms with van der Waals surface area (Å²) < 4.78 is 1.33. The molecule has 0 aliphatic heterocycles. The third kappa shape index (κ3) is 1.10. The van der Waals surface area contributed by atoms with Gasteiger partial charge >= 0.3 is 0 Å². The molecular formula is C12H7N2O2. The topological polar surface area (TPSA) is 54.3 Å². The smallest absolute Gasteiger partial charge is 0.272 e. The Morgan fingerprint density at radius 1 is 1.19 bits per heavy atom. The van der Waals surface area contributed by atoms with Crippen LogP contribution in [-0.4, -0.2) is 9.38 Å². The van der Waals surface area contributed by atoms with Crippen molar-refractivity contribution in [3.05, 3.63) is 63.3 Å². The molecular weight excluding hydrogens is 204 g/mol. The Labute approximate surface area is 89.8 Å². The molecule has 2 aromatic heterocycles. The first-order chi connectivity index (χ1) is 7.77. The summed E-state index contributed by atoms with van der Waals surface area (Å²) in [6.07, 6.45) is 1.58. The molecule has 3 rings (SSSR count). The van der Waals surface area contributed by atoms with Crippen molar-refractivity contribution in [2.75, 3.05) is 0 Å². The molecule has 2 heterocycles. The van der Waals surface area contributed by atoms with Crippen LogP contribution < -0.4 is 11.1 Å². The summed E-state index contributed by atoms with van der Waals surface area (Å²) in [6.45, 7) is 0. The molecule has 1 N–H and O–H groups in total. The summed E-state index contributed by atoms with van der Waals surface area (Å²) in [5, 5.41) is 0.380. The second kappa shape index (κ2) is 3.06. The molecule has 0 saturated carbocycles. The van der Waals surface area contributed by atoms with E-state index in [0.717, 1.165) is 0 Å². The van der Waals surface area contributed by atoms with Crippen molar-refractivity contribution in [3.8, 4) is 0 Å². The first kappa shape index (κ1) is 8.91. The molecule has 0 aliphatic carbocycles. The van der Waals surface area contributed by atoms with E-state index in [1.54, 1.807) is 36.5 Å². The molecule has 0 aliphatic rings. The summed E-state index contributed by atoms with van der Waals surface area (Å²) in [5.41, 5.74) is 0.321. The lowest BCUT2D eigenvalue weighted by atomic mass is 10.2. The van der Waals surface area contributed by atoms with Gasteiger partial charge in [0.2, 0.25) is 0 Å². The molecule has 0 bridgehead atoms. The van der Waals surface area contributed by atoms with Crippen molar-refractivity contribution >= 4 is 16.4 Å². The minimum atomic E-state index is -0.281. The van der Waals surface area contributed by atoms with Gasteiger partial charge in [0.15, 0.2) is 0 Å². The van der Waals surface area contributed by atoms with Crippen LogP contribution in [0.1, 0.15) is 0 Å². The van der Waals surface area contributed by atoms with Crippen molar-refractivity contribution in [1.29, 1.82) is 0 Å². The number of H-pyrrole nitrogens is 1. The summed E-state index contributed by atoms with van der Waals surface area (Å²) >= 11 is 0. The standard InChI is InChI=1S/C12H7N2O2/c15-11-10-6-3-7-14(10)12(16)8-4-1-2-5-9(8)13-11/h1-3,5-7H,(H,13,15). The summed E-state index contributed by atoms with van der Waals surface area (Å²) in [4.78, 5) is 26.5. The van der Waals surface area contributed by atoms with Gasteiger partial charge < -0.3 is 4.98 Å². The Kier molecular flexibility index (Phi) is 1.71. The van der Waals surface area contributed by atoms with E-state index in [9.17, 15) is 9.59 Å². The lowest BCUT2D eigenvalue weighted by Crippen LogP contribution is -2.11. The number of hydrogen-bond acceptors (Lipinski definition) is 2. The monoisotopic (exact) mass is 211 g/mol. The molecule has 4 nitrogen and oxygen atoms in total. The van der Waals surface area contributed by atoms with E-state index in [2.05, 4.69) is 11.1 Å². The van der Waals surface area contributed by atoms with Gasteiger partial charge in [-0.15, -0.1) is 0 Å². The first-order valence-corrected chi connectivity index (χ1v) is 4.81. The number of nitrogens with one attached hydrogen (secondary N) is 1. The van der Waals surface area contributed by atoms with Crippen molar-refractivity contribution in [2.24, 2.45) is 0 Å². The Balaban J connectivity index is 2.80. The third-order valence-corrected chi connectivity index (χ3v) is 2.52. The lowest BCUT2D eigenvalue weighted by Gasteiger charge is -1.87. The maximum absolute atomic E-state index is 12.1. The second-order valence-electron chi connectivity index (χ2n) is 3.48. The quantitative estimate of drug-likeness (QED) is 0.601. The van der Waals surface area contributed by atoms with Crippen LogP contribution in [0, 0.1) is 6.07 Å². The maximum Gasteiger partial charge on any atom is 0.272 e. The van der Waals surface area contributed by atoms with Gasteiger partial charge in [0, 0.05) is 6.20 Å². The van der Waals surface area contributed by atoms with Crippen LogP contribution in [-0.2, 0) is 0 Å². The van der Waals surface area contributed by atoms with Crippen molar-refractivity contribution in [1.82, 2.24) is 9.38 Å². The molecule has 1 aromatic carbocycles. The molecule has 16 heavy (non-hydrogen) atoms. The number of aromatic nitrogens is 2. The van der Waals surface area contributed by atoms with Crippen LogP contribution >= 0.6 is 0 Å². The number of hydrogen-bond donors (Lipinski definition) is 1. The molecule has 77 valence electrons. The fourth-order valence-corrected chi connectivity index (χ4v) is 1.77. The Hall–Kier alpha value is -2.36. The summed E-state index contributed by atoms with van der Waals surface area (Å²) in [5.74, 6) is 0. The maximum atomic E-state index is 12.1. The van der Waals surface area contributed by atoms with E-state index >= 15 is 0 Å². The third-order valence-electron chi connectivity index (χ3n) is 2.52. The van der Waals surface area contributed by atoms with Crippen LogP contribution in [0.15, 0.2) is 46.1 Å². The molecule has 0 unspecified atom stereocenters. The van der Waals surface area contributed by atoms with Gasteiger partial charge in [-0.2, -0.15) is 0 Å². The van der Waals surface area contributed by atoms with Crippen LogP contribution in [0.3, 0.4) is 0 Å². The van der Waals surface area contributed by atoms with Gasteiger partial charge in [-0.25, -0.2) is 0 Å². The van der Waals surface area contributed by atoms with Crippen LogP contribution in [0.2, 0.25) is 0 Å². The molecule has 1 radical (unpaired) electrons. The minimum Gasteiger partial charge on any atom is -0.320 e. The van der Waals surface area contributed by atoms with Crippen molar-refractivity contribution < 1.29 is 0 Å². The van der Waals surface area contributed by atoms with Crippen LogP contribution in [0.4, 0.5) is 0 Å².